The summed E-state index contributed by atoms with van der Waals surface area (Å²) in [6.07, 6.45) is 1.79. The van der Waals surface area contributed by atoms with Crippen LogP contribution < -0.4 is 16.4 Å². The fourth-order valence-electron chi connectivity index (χ4n) is 1.58. The maximum atomic E-state index is 11.7. The van der Waals surface area contributed by atoms with Gasteiger partial charge in [-0.05, 0) is 11.5 Å². The number of amides is 1. The predicted octanol–water partition coefficient (Wildman–Crippen LogP) is 1.76. The van der Waals surface area contributed by atoms with Gasteiger partial charge < -0.3 is 16.4 Å². The number of nitrogens with one attached hydrogen (secondary N) is 2. The van der Waals surface area contributed by atoms with Crippen LogP contribution in [0.25, 0.3) is 0 Å². The average Bonchev–Trinajstić information content (AvgIpc) is 3.04. The van der Waals surface area contributed by atoms with Gasteiger partial charge in [-0.15, -0.1) is 11.3 Å². The Labute approximate surface area is 119 Å². The van der Waals surface area contributed by atoms with Crippen molar-refractivity contribution in [3.8, 4) is 0 Å². The second kappa shape index (κ2) is 5.98. The third kappa shape index (κ3) is 3.02. The zero-order chi connectivity index (χ0) is 13.8. The summed E-state index contributed by atoms with van der Waals surface area (Å²) < 4.78 is 4.01. The summed E-state index contributed by atoms with van der Waals surface area (Å²) in [4.78, 5) is 16.0. The van der Waals surface area contributed by atoms with E-state index in [4.69, 9.17) is 5.73 Å². The molecule has 19 heavy (non-hydrogen) atoms. The first-order chi connectivity index (χ1) is 9.13. The van der Waals surface area contributed by atoms with Crippen molar-refractivity contribution in [3.05, 3.63) is 22.1 Å². The molecule has 8 heteroatoms. The summed E-state index contributed by atoms with van der Waals surface area (Å²) >= 11 is 2.81. The zero-order valence-electron chi connectivity index (χ0n) is 10.6. The molecule has 2 rings (SSSR count). The molecular formula is C11H15N5OS2. The van der Waals surface area contributed by atoms with Crippen molar-refractivity contribution >= 4 is 39.6 Å². The molecule has 0 aliphatic carbocycles. The van der Waals surface area contributed by atoms with Crippen molar-refractivity contribution in [3.63, 3.8) is 0 Å². The second-order valence-electron chi connectivity index (χ2n) is 4.00. The van der Waals surface area contributed by atoms with Crippen molar-refractivity contribution in [2.75, 3.05) is 24.6 Å². The highest BCUT2D eigenvalue weighted by molar-refractivity contribution is 7.11. The van der Waals surface area contributed by atoms with Gasteiger partial charge in [0.25, 0.3) is 5.91 Å². The Morgan fingerprint density at radius 3 is 3.00 bits per heavy atom. The van der Waals surface area contributed by atoms with E-state index in [-0.39, 0.29) is 17.6 Å². The monoisotopic (exact) mass is 297 g/mol. The Morgan fingerprint density at radius 2 is 2.37 bits per heavy atom. The van der Waals surface area contributed by atoms with Crippen LogP contribution >= 0.6 is 22.9 Å². The molecule has 0 radical (unpaired) electrons. The number of nitrogens with zero attached hydrogens (tertiary/aromatic N) is 2. The van der Waals surface area contributed by atoms with Gasteiger partial charge in [0.05, 0.1) is 5.01 Å². The van der Waals surface area contributed by atoms with E-state index < -0.39 is 0 Å². The highest BCUT2D eigenvalue weighted by Crippen LogP contribution is 2.27. The van der Waals surface area contributed by atoms with Gasteiger partial charge in [0, 0.05) is 31.1 Å². The molecule has 0 fully saturated rings. The quantitative estimate of drug-likeness (QED) is 0.782. The first-order valence-corrected chi connectivity index (χ1v) is 7.39. The molecule has 1 atom stereocenters. The Hall–Kier alpha value is -1.67. The first-order valence-electron chi connectivity index (χ1n) is 5.74. The second-order valence-corrected chi connectivity index (χ2v) is 5.70. The van der Waals surface area contributed by atoms with E-state index in [0.717, 1.165) is 5.01 Å². The molecule has 2 aromatic rings. The lowest BCUT2D eigenvalue weighted by Gasteiger charge is -2.10. The van der Waals surface area contributed by atoms with Crippen molar-refractivity contribution in [2.24, 2.45) is 0 Å². The lowest BCUT2D eigenvalue weighted by molar-refractivity contribution is 0.0965. The van der Waals surface area contributed by atoms with Crippen LogP contribution in [0.2, 0.25) is 0 Å². The van der Waals surface area contributed by atoms with Crippen LogP contribution in [0, 0.1) is 0 Å². The van der Waals surface area contributed by atoms with Gasteiger partial charge in [-0.3, -0.25) is 4.79 Å². The molecule has 6 nitrogen and oxygen atoms in total. The predicted molar refractivity (Wildman–Crippen MR) is 78.9 cm³/mol. The van der Waals surface area contributed by atoms with Crippen LogP contribution in [0.4, 0.5) is 10.8 Å². The van der Waals surface area contributed by atoms with Crippen molar-refractivity contribution < 1.29 is 4.79 Å². The molecule has 2 heterocycles. The van der Waals surface area contributed by atoms with Crippen LogP contribution in [0.3, 0.4) is 0 Å². The molecule has 0 aliphatic rings. The van der Waals surface area contributed by atoms with E-state index in [9.17, 15) is 4.79 Å². The highest BCUT2D eigenvalue weighted by Gasteiger charge is 2.19. The summed E-state index contributed by atoms with van der Waals surface area (Å²) in [6, 6.07) is 0. The molecule has 4 N–H and O–H groups in total. The Kier molecular flexibility index (Phi) is 4.33. The topological polar surface area (TPSA) is 92.9 Å². The summed E-state index contributed by atoms with van der Waals surface area (Å²) in [5, 5.41) is 9.49. The zero-order valence-corrected chi connectivity index (χ0v) is 12.3. The van der Waals surface area contributed by atoms with Gasteiger partial charge in [0.15, 0.2) is 5.82 Å². The third-order valence-corrected chi connectivity index (χ3v) is 4.44. The van der Waals surface area contributed by atoms with Gasteiger partial charge in [0.1, 0.15) is 10.6 Å². The average molecular weight is 297 g/mol. The van der Waals surface area contributed by atoms with Crippen molar-refractivity contribution in [2.45, 2.75) is 12.8 Å². The minimum Gasteiger partial charge on any atom is -0.382 e. The molecule has 0 spiro atoms. The molecule has 0 aliphatic heterocycles. The van der Waals surface area contributed by atoms with Gasteiger partial charge in [-0.1, -0.05) is 6.92 Å². The lowest BCUT2D eigenvalue weighted by atomic mass is 10.2. The van der Waals surface area contributed by atoms with Crippen molar-refractivity contribution in [1.82, 2.24) is 14.7 Å². The summed E-state index contributed by atoms with van der Waals surface area (Å²) in [6.45, 7) is 2.76. The number of carbonyl (C=O) groups excluding carboxylic acids is 1. The van der Waals surface area contributed by atoms with Gasteiger partial charge in [-0.25, -0.2) is 4.98 Å². The number of hydrogen-bond acceptors (Lipinski definition) is 7. The van der Waals surface area contributed by atoms with Gasteiger partial charge >= 0.3 is 0 Å². The molecule has 102 valence electrons. The van der Waals surface area contributed by atoms with Crippen LogP contribution in [0.5, 0.6) is 0 Å². The summed E-state index contributed by atoms with van der Waals surface area (Å²) in [5.41, 5.74) is 6.12. The standard InChI is InChI=1S/C11H15N5OS2/c1-6(10-14-3-4-18-10)5-15-11-7(9(17)13-2)8(12)16-19-11/h3-4,6,15H,5H2,1-2H3,(H2,12,16)(H,13,17). The Bertz CT molecular complexity index is 551. The number of rotatable bonds is 5. The molecule has 2 aromatic heterocycles. The minimum atomic E-state index is -0.226. The minimum absolute atomic E-state index is 0.226. The van der Waals surface area contributed by atoms with Gasteiger partial charge in [-0.2, -0.15) is 4.37 Å². The number of hydrogen-bond donors (Lipinski definition) is 3. The number of carbonyl (C=O) groups is 1. The van der Waals surface area contributed by atoms with E-state index in [0.29, 0.717) is 17.1 Å². The fourth-order valence-corrected chi connectivity index (χ4v) is 2.99. The Morgan fingerprint density at radius 1 is 1.58 bits per heavy atom. The van der Waals surface area contributed by atoms with E-state index in [1.54, 1.807) is 24.6 Å². The number of thiazole rings is 1. The Balaban J connectivity index is 2.06. The SMILES string of the molecule is CNC(=O)c1c(N)nsc1NCC(C)c1nccs1. The molecule has 1 amide bonds. The normalized spacial score (nSPS) is 12.1. The van der Waals surface area contributed by atoms with Crippen molar-refractivity contribution in [1.29, 1.82) is 0 Å². The maximum absolute atomic E-state index is 11.7. The number of nitrogens with two attached hydrogens (primary N) is 1. The number of nitrogen functional groups attached to an aromatic ring is 1. The molecule has 1 unspecified atom stereocenters. The largest absolute Gasteiger partial charge is 0.382 e. The highest BCUT2D eigenvalue weighted by atomic mass is 32.1. The number of aromatic nitrogens is 2. The van der Waals surface area contributed by atoms with Crippen LogP contribution in [0.15, 0.2) is 11.6 Å². The van der Waals surface area contributed by atoms with E-state index >= 15 is 0 Å². The van der Waals surface area contributed by atoms with E-state index in [1.165, 1.54) is 11.5 Å². The molecule has 0 aromatic carbocycles. The smallest absolute Gasteiger partial charge is 0.257 e. The lowest BCUT2D eigenvalue weighted by Crippen LogP contribution is -2.20. The van der Waals surface area contributed by atoms with Gasteiger partial charge in [0.2, 0.25) is 0 Å². The van der Waals surface area contributed by atoms with Crippen LogP contribution in [0.1, 0.15) is 28.2 Å². The summed E-state index contributed by atoms with van der Waals surface area (Å²) in [5.74, 6) is 0.297. The molecule has 0 saturated heterocycles. The molecular weight excluding hydrogens is 282 g/mol. The molecule has 0 saturated carbocycles. The maximum Gasteiger partial charge on any atom is 0.257 e. The number of anilines is 2. The third-order valence-electron chi connectivity index (χ3n) is 2.61. The fraction of sp³-hybridized carbons (Fsp3) is 0.364. The van der Waals surface area contributed by atoms with E-state index in [1.807, 2.05) is 5.38 Å². The first kappa shape index (κ1) is 13.8. The van der Waals surface area contributed by atoms with E-state index in [2.05, 4.69) is 26.9 Å². The van der Waals surface area contributed by atoms with Crippen LogP contribution in [-0.4, -0.2) is 28.9 Å². The summed E-state index contributed by atoms with van der Waals surface area (Å²) in [7, 11) is 1.57. The van der Waals surface area contributed by atoms with Crippen LogP contribution in [-0.2, 0) is 0 Å². The molecule has 0 bridgehead atoms.